The molecule has 1 aromatic heterocycles. The van der Waals surface area contributed by atoms with Crippen molar-refractivity contribution in [1.29, 1.82) is 0 Å². The lowest BCUT2D eigenvalue weighted by Crippen LogP contribution is -2.47. The molecule has 1 unspecified atom stereocenters. The van der Waals surface area contributed by atoms with Crippen molar-refractivity contribution in [2.45, 2.75) is 17.6 Å². The zero-order chi connectivity index (χ0) is 14.0. The molecule has 0 amide bonds. The van der Waals surface area contributed by atoms with Crippen LogP contribution in [-0.2, 0) is 17.1 Å². The van der Waals surface area contributed by atoms with Crippen LogP contribution in [0.4, 0.5) is 0 Å². The van der Waals surface area contributed by atoms with E-state index in [0.717, 1.165) is 0 Å². The summed E-state index contributed by atoms with van der Waals surface area (Å²) in [6.45, 7) is 1.89. The molecule has 0 aliphatic rings. The topological polar surface area (TPSA) is 87.5 Å². The van der Waals surface area contributed by atoms with Crippen molar-refractivity contribution in [2.24, 2.45) is 7.05 Å². The Morgan fingerprint density at radius 2 is 2.17 bits per heavy atom. The van der Waals surface area contributed by atoms with Crippen molar-refractivity contribution in [2.75, 3.05) is 27.2 Å². The van der Waals surface area contributed by atoms with Crippen LogP contribution >= 0.6 is 0 Å². The summed E-state index contributed by atoms with van der Waals surface area (Å²) in [7, 11) is 1.52. The van der Waals surface area contributed by atoms with Gasteiger partial charge in [-0.1, -0.05) is 0 Å². The molecule has 0 saturated heterocycles. The quantitative estimate of drug-likeness (QED) is 0.697. The van der Waals surface area contributed by atoms with Crippen LogP contribution in [0.25, 0.3) is 0 Å². The molecule has 0 saturated carbocycles. The molecular formula is C10H20N4O3S. The molecule has 1 aromatic rings. The van der Waals surface area contributed by atoms with E-state index in [9.17, 15) is 13.5 Å². The van der Waals surface area contributed by atoms with Crippen LogP contribution in [0.3, 0.4) is 0 Å². The molecule has 1 rings (SSSR count). The number of hydrogen-bond acceptors (Lipinski definition) is 5. The Balaban J connectivity index is 2.72. The van der Waals surface area contributed by atoms with Crippen LogP contribution in [0.15, 0.2) is 17.3 Å². The van der Waals surface area contributed by atoms with Crippen LogP contribution in [0.2, 0.25) is 0 Å². The van der Waals surface area contributed by atoms with Gasteiger partial charge in [0.2, 0.25) is 0 Å². The Bertz CT molecular complexity index is 493. The van der Waals surface area contributed by atoms with Crippen molar-refractivity contribution < 1.29 is 13.5 Å². The fourth-order valence-corrected chi connectivity index (χ4v) is 2.97. The maximum Gasteiger partial charge on any atom is 0.257 e. The predicted octanol–water partition coefficient (Wildman–Crippen LogP) is -0.989. The summed E-state index contributed by atoms with van der Waals surface area (Å²) in [6.07, 6.45) is 1.41. The van der Waals surface area contributed by atoms with Crippen molar-refractivity contribution >= 4 is 10.0 Å². The minimum atomic E-state index is -3.64. The second kappa shape index (κ2) is 5.35. The molecule has 0 bridgehead atoms. The molecular weight excluding hydrogens is 256 g/mol. The van der Waals surface area contributed by atoms with Crippen LogP contribution in [0.5, 0.6) is 0 Å². The molecule has 0 fully saturated rings. The third-order valence-electron chi connectivity index (χ3n) is 2.35. The maximum absolute atomic E-state index is 11.9. The lowest BCUT2D eigenvalue weighted by Gasteiger charge is -2.26. The van der Waals surface area contributed by atoms with Crippen molar-refractivity contribution in [3.05, 3.63) is 12.3 Å². The zero-order valence-electron chi connectivity index (χ0n) is 11.1. The van der Waals surface area contributed by atoms with Crippen LogP contribution in [0, 0.1) is 0 Å². The lowest BCUT2D eigenvalue weighted by molar-refractivity contribution is 0.0385. The molecule has 0 radical (unpaired) electrons. The Hall–Kier alpha value is -0.960. The highest BCUT2D eigenvalue weighted by molar-refractivity contribution is 7.89. The monoisotopic (exact) mass is 276 g/mol. The van der Waals surface area contributed by atoms with Crippen molar-refractivity contribution in [3.63, 3.8) is 0 Å². The number of likely N-dealkylation sites (N-methyl/N-ethyl adjacent to an activating group) is 1. The van der Waals surface area contributed by atoms with E-state index in [-0.39, 0.29) is 11.6 Å². The highest BCUT2D eigenvalue weighted by atomic mass is 32.2. The fourth-order valence-electron chi connectivity index (χ4n) is 1.69. The number of nitrogens with zero attached hydrogens (tertiary/aromatic N) is 3. The number of aliphatic hydroxyl groups is 1. The zero-order valence-corrected chi connectivity index (χ0v) is 11.9. The van der Waals surface area contributed by atoms with Gasteiger partial charge < -0.3 is 10.0 Å². The fraction of sp³-hybridized carbons (Fsp3) is 0.700. The first-order valence-corrected chi connectivity index (χ1v) is 6.97. The number of sulfonamides is 1. The maximum atomic E-state index is 11.9. The van der Waals surface area contributed by atoms with E-state index in [1.807, 2.05) is 14.1 Å². The first kappa shape index (κ1) is 15.1. The third kappa shape index (κ3) is 4.05. The first-order chi connectivity index (χ1) is 8.14. The highest BCUT2D eigenvalue weighted by Crippen LogP contribution is 2.08. The minimum Gasteiger partial charge on any atom is -0.387 e. The molecule has 104 valence electrons. The van der Waals surface area contributed by atoms with E-state index < -0.39 is 15.6 Å². The number of aryl methyl sites for hydroxylation is 1. The van der Waals surface area contributed by atoms with Gasteiger partial charge in [0.15, 0.2) is 5.03 Å². The summed E-state index contributed by atoms with van der Waals surface area (Å²) in [5.41, 5.74) is -1.13. The molecule has 1 heterocycles. The number of nitrogens with one attached hydrogen (secondary N) is 1. The average molecular weight is 276 g/mol. The molecule has 7 nitrogen and oxygen atoms in total. The largest absolute Gasteiger partial charge is 0.387 e. The van der Waals surface area contributed by atoms with Crippen LogP contribution < -0.4 is 4.72 Å². The van der Waals surface area contributed by atoms with Gasteiger partial charge >= 0.3 is 0 Å². The van der Waals surface area contributed by atoms with E-state index in [1.54, 1.807) is 18.9 Å². The van der Waals surface area contributed by atoms with Crippen LogP contribution in [0.1, 0.15) is 6.92 Å². The van der Waals surface area contributed by atoms with E-state index in [1.165, 1.54) is 16.9 Å². The number of hydrogen-bond donors (Lipinski definition) is 2. The Labute approximate surface area is 107 Å². The normalized spacial score (nSPS) is 15.9. The van der Waals surface area contributed by atoms with Gasteiger partial charge in [-0.2, -0.15) is 5.10 Å². The number of aromatic nitrogens is 2. The number of rotatable bonds is 6. The van der Waals surface area contributed by atoms with Gasteiger partial charge in [-0.15, -0.1) is 0 Å². The van der Waals surface area contributed by atoms with Gasteiger partial charge in [-0.25, -0.2) is 13.1 Å². The average Bonchev–Trinajstić information content (AvgIpc) is 2.61. The molecule has 0 aliphatic heterocycles. The second-order valence-corrected chi connectivity index (χ2v) is 6.57. The minimum absolute atomic E-state index is 0.0569. The third-order valence-corrected chi connectivity index (χ3v) is 3.83. The Kier molecular flexibility index (Phi) is 4.49. The van der Waals surface area contributed by atoms with Gasteiger partial charge in [0.25, 0.3) is 10.0 Å². The lowest BCUT2D eigenvalue weighted by atomic mass is 10.1. The van der Waals surface area contributed by atoms with E-state index in [2.05, 4.69) is 9.82 Å². The smallest absolute Gasteiger partial charge is 0.257 e. The summed E-state index contributed by atoms with van der Waals surface area (Å²) < 4.78 is 27.5. The van der Waals surface area contributed by atoms with E-state index in [0.29, 0.717) is 6.54 Å². The standard InChI is InChI=1S/C10H20N4O3S/c1-10(15,8-13(2)3)7-12-18(16,17)9-5-6-11-14(9)4/h5-6,12,15H,7-8H2,1-4H3. The van der Waals surface area contributed by atoms with Gasteiger partial charge in [0, 0.05) is 20.1 Å². The summed E-state index contributed by atoms with van der Waals surface area (Å²) >= 11 is 0. The highest BCUT2D eigenvalue weighted by Gasteiger charge is 2.26. The summed E-state index contributed by atoms with van der Waals surface area (Å²) in [5.74, 6) is 0. The van der Waals surface area contributed by atoms with Gasteiger partial charge in [0.1, 0.15) is 0 Å². The summed E-state index contributed by atoms with van der Waals surface area (Å²) in [4.78, 5) is 1.79. The Morgan fingerprint density at radius 1 is 1.56 bits per heavy atom. The van der Waals surface area contributed by atoms with Gasteiger partial charge in [-0.3, -0.25) is 4.68 Å². The van der Waals surface area contributed by atoms with Gasteiger partial charge in [0.05, 0.1) is 11.8 Å². The molecule has 1 atom stereocenters. The van der Waals surface area contributed by atoms with Crippen molar-refractivity contribution in [1.82, 2.24) is 19.4 Å². The van der Waals surface area contributed by atoms with E-state index in [4.69, 9.17) is 0 Å². The van der Waals surface area contributed by atoms with Crippen LogP contribution in [-0.4, -0.2) is 61.0 Å². The first-order valence-electron chi connectivity index (χ1n) is 5.49. The molecule has 0 spiro atoms. The SMILES string of the molecule is CN(C)CC(C)(O)CNS(=O)(=O)c1ccnn1C. The second-order valence-electron chi connectivity index (χ2n) is 4.85. The summed E-state index contributed by atoms with van der Waals surface area (Å²) in [5, 5.41) is 13.9. The molecule has 18 heavy (non-hydrogen) atoms. The molecule has 0 aliphatic carbocycles. The molecule has 0 aromatic carbocycles. The summed E-state index contributed by atoms with van der Waals surface area (Å²) in [6, 6.07) is 1.41. The van der Waals surface area contributed by atoms with Crippen molar-refractivity contribution in [3.8, 4) is 0 Å². The Morgan fingerprint density at radius 3 is 2.61 bits per heavy atom. The molecule has 2 N–H and O–H groups in total. The molecule has 8 heteroatoms. The predicted molar refractivity (Wildman–Crippen MR) is 67.6 cm³/mol. The van der Waals surface area contributed by atoms with Gasteiger partial charge in [-0.05, 0) is 27.1 Å². The van der Waals surface area contributed by atoms with E-state index >= 15 is 0 Å².